The highest BCUT2D eigenvalue weighted by atomic mass is 16.5. The average Bonchev–Trinajstić information content (AvgIpc) is 2.73. The molecule has 3 rings (SSSR count). The third-order valence-corrected chi connectivity index (χ3v) is 4.54. The van der Waals surface area contributed by atoms with Crippen molar-refractivity contribution in [2.75, 3.05) is 13.1 Å². The van der Waals surface area contributed by atoms with Crippen molar-refractivity contribution in [1.82, 2.24) is 4.90 Å². The fraction of sp³-hybridized carbons (Fsp3) is 0.227. The third-order valence-electron chi connectivity index (χ3n) is 4.54. The minimum absolute atomic E-state index is 0.0487. The van der Waals surface area contributed by atoms with Crippen LogP contribution in [0.5, 0.6) is 5.75 Å². The highest BCUT2D eigenvalue weighted by Crippen LogP contribution is 2.21. The topological polar surface area (TPSA) is 70.4 Å². The van der Waals surface area contributed by atoms with Crippen LogP contribution in [-0.2, 0) is 9.59 Å². The zero-order valence-electron chi connectivity index (χ0n) is 14.9. The number of piperidine rings is 1. The molecule has 1 amide bonds. The van der Waals surface area contributed by atoms with Crippen LogP contribution in [0.3, 0.4) is 0 Å². The number of nitriles is 1. The Morgan fingerprint density at radius 3 is 2.52 bits per heavy atom. The predicted octanol–water partition coefficient (Wildman–Crippen LogP) is 3.42. The highest BCUT2D eigenvalue weighted by molar-refractivity contribution is 5.92. The van der Waals surface area contributed by atoms with Gasteiger partial charge in [-0.1, -0.05) is 36.4 Å². The van der Waals surface area contributed by atoms with E-state index in [1.54, 1.807) is 41.3 Å². The molecule has 1 heterocycles. The molecule has 1 saturated heterocycles. The minimum Gasteiger partial charge on any atom is -0.426 e. The molecule has 0 aliphatic carbocycles. The largest absolute Gasteiger partial charge is 0.426 e. The first-order valence-corrected chi connectivity index (χ1v) is 8.89. The van der Waals surface area contributed by atoms with Crippen molar-refractivity contribution in [3.63, 3.8) is 0 Å². The first kappa shape index (κ1) is 18.4. The van der Waals surface area contributed by atoms with E-state index in [2.05, 4.69) is 0 Å². The molecule has 0 aromatic heterocycles. The quantitative estimate of drug-likeness (QED) is 0.476. The van der Waals surface area contributed by atoms with Gasteiger partial charge >= 0.3 is 5.97 Å². The lowest BCUT2D eigenvalue weighted by Gasteiger charge is -2.30. The number of carbonyl (C=O) groups excluding carboxylic acids is 2. The van der Waals surface area contributed by atoms with Gasteiger partial charge in [-0.05, 0) is 42.7 Å². The first-order valence-electron chi connectivity index (χ1n) is 8.89. The summed E-state index contributed by atoms with van der Waals surface area (Å²) in [5.74, 6) is -0.217. The standard InChI is InChI=1S/C22H20N2O3/c23-16-18-7-4-8-20(15-18)27-22(26)19-11-13-24(14-12-19)21(25)10-9-17-5-2-1-3-6-17/h1-10,15,19H,11-14H2/b10-9+. The highest BCUT2D eigenvalue weighted by Gasteiger charge is 2.28. The van der Waals surface area contributed by atoms with Crippen molar-refractivity contribution in [3.8, 4) is 11.8 Å². The first-order chi connectivity index (χ1) is 13.2. The van der Waals surface area contributed by atoms with Crippen LogP contribution in [0.15, 0.2) is 60.7 Å². The van der Waals surface area contributed by atoms with Crippen molar-refractivity contribution in [2.24, 2.45) is 5.92 Å². The van der Waals surface area contributed by atoms with Crippen LogP contribution in [0.25, 0.3) is 6.08 Å². The van der Waals surface area contributed by atoms with Gasteiger partial charge in [-0.15, -0.1) is 0 Å². The van der Waals surface area contributed by atoms with E-state index in [1.807, 2.05) is 36.4 Å². The molecule has 2 aromatic rings. The maximum atomic E-state index is 12.3. The fourth-order valence-electron chi connectivity index (χ4n) is 3.00. The van der Waals surface area contributed by atoms with E-state index in [9.17, 15) is 9.59 Å². The summed E-state index contributed by atoms with van der Waals surface area (Å²) in [6, 6.07) is 18.2. The summed E-state index contributed by atoms with van der Waals surface area (Å²) in [5.41, 5.74) is 1.43. The Morgan fingerprint density at radius 2 is 1.81 bits per heavy atom. The molecule has 27 heavy (non-hydrogen) atoms. The summed E-state index contributed by atoms with van der Waals surface area (Å²) in [4.78, 5) is 26.4. The maximum absolute atomic E-state index is 12.3. The molecule has 1 fully saturated rings. The number of ether oxygens (including phenoxy) is 1. The van der Waals surface area contributed by atoms with Crippen molar-refractivity contribution in [2.45, 2.75) is 12.8 Å². The van der Waals surface area contributed by atoms with Gasteiger partial charge < -0.3 is 9.64 Å². The number of hydrogen-bond donors (Lipinski definition) is 0. The molecule has 0 bridgehead atoms. The van der Waals surface area contributed by atoms with Gasteiger partial charge in [0.15, 0.2) is 0 Å². The second kappa shape index (κ2) is 8.81. The van der Waals surface area contributed by atoms with Crippen LogP contribution in [0, 0.1) is 17.2 Å². The number of nitrogens with zero attached hydrogens (tertiary/aromatic N) is 2. The van der Waals surface area contributed by atoms with Crippen molar-refractivity contribution in [1.29, 1.82) is 5.26 Å². The van der Waals surface area contributed by atoms with Gasteiger partial charge in [0.2, 0.25) is 5.91 Å². The van der Waals surface area contributed by atoms with Crippen molar-refractivity contribution in [3.05, 3.63) is 71.8 Å². The second-order valence-electron chi connectivity index (χ2n) is 6.40. The van der Waals surface area contributed by atoms with E-state index in [0.717, 1.165) is 5.56 Å². The molecular weight excluding hydrogens is 340 g/mol. The van der Waals surface area contributed by atoms with E-state index in [1.165, 1.54) is 0 Å². The Bertz CT molecular complexity index is 876. The Morgan fingerprint density at radius 1 is 1.07 bits per heavy atom. The molecule has 0 saturated carbocycles. The van der Waals surface area contributed by atoms with Gasteiger partial charge in [-0.3, -0.25) is 9.59 Å². The van der Waals surface area contributed by atoms with Crippen LogP contribution in [0.1, 0.15) is 24.0 Å². The van der Waals surface area contributed by atoms with Gasteiger partial charge in [-0.25, -0.2) is 0 Å². The maximum Gasteiger partial charge on any atom is 0.314 e. The number of benzene rings is 2. The Hall–Kier alpha value is -3.39. The second-order valence-corrected chi connectivity index (χ2v) is 6.40. The van der Waals surface area contributed by atoms with Crippen LogP contribution >= 0.6 is 0 Å². The molecule has 5 heteroatoms. The lowest BCUT2D eigenvalue weighted by Crippen LogP contribution is -2.40. The molecule has 5 nitrogen and oxygen atoms in total. The lowest BCUT2D eigenvalue weighted by molar-refractivity contribution is -0.142. The molecule has 0 unspecified atom stereocenters. The zero-order chi connectivity index (χ0) is 19.1. The van der Waals surface area contributed by atoms with E-state index in [4.69, 9.17) is 10.00 Å². The van der Waals surface area contributed by atoms with Crippen LogP contribution in [-0.4, -0.2) is 29.9 Å². The number of carbonyl (C=O) groups is 2. The van der Waals surface area contributed by atoms with Crippen molar-refractivity contribution >= 4 is 18.0 Å². The average molecular weight is 360 g/mol. The molecule has 0 radical (unpaired) electrons. The van der Waals surface area contributed by atoms with Gasteiger partial charge in [0.25, 0.3) is 0 Å². The molecule has 2 aromatic carbocycles. The molecule has 136 valence electrons. The van der Waals surface area contributed by atoms with E-state index >= 15 is 0 Å². The normalized spacial score (nSPS) is 14.7. The monoisotopic (exact) mass is 360 g/mol. The van der Waals surface area contributed by atoms with Crippen molar-refractivity contribution < 1.29 is 14.3 Å². The van der Waals surface area contributed by atoms with Gasteiger partial charge in [0.1, 0.15) is 5.75 Å². The van der Waals surface area contributed by atoms with E-state index in [-0.39, 0.29) is 17.8 Å². The van der Waals surface area contributed by atoms with E-state index in [0.29, 0.717) is 37.2 Å². The van der Waals surface area contributed by atoms with Crippen LogP contribution in [0.4, 0.5) is 0 Å². The summed E-state index contributed by atoms with van der Waals surface area (Å²) in [6.07, 6.45) is 4.51. The zero-order valence-corrected chi connectivity index (χ0v) is 14.9. The molecular formula is C22H20N2O3. The van der Waals surface area contributed by atoms with E-state index < -0.39 is 0 Å². The molecule has 0 N–H and O–H groups in total. The number of rotatable bonds is 4. The lowest BCUT2D eigenvalue weighted by atomic mass is 9.97. The number of amides is 1. The van der Waals surface area contributed by atoms with Gasteiger partial charge in [0, 0.05) is 19.2 Å². The SMILES string of the molecule is N#Cc1cccc(OC(=O)C2CCN(C(=O)/C=C/c3ccccc3)CC2)c1. The fourth-order valence-corrected chi connectivity index (χ4v) is 3.00. The Kier molecular flexibility index (Phi) is 6.01. The Labute approximate surface area is 158 Å². The molecule has 1 aliphatic rings. The molecule has 0 atom stereocenters. The van der Waals surface area contributed by atoms with Crippen LogP contribution in [0.2, 0.25) is 0 Å². The van der Waals surface area contributed by atoms with Crippen LogP contribution < -0.4 is 4.74 Å². The van der Waals surface area contributed by atoms with Gasteiger partial charge in [-0.2, -0.15) is 5.26 Å². The summed E-state index contributed by atoms with van der Waals surface area (Å²) < 4.78 is 5.39. The third kappa shape index (κ3) is 5.05. The molecule has 0 spiro atoms. The molecule has 1 aliphatic heterocycles. The minimum atomic E-state index is -0.308. The number of esters is 1. The summed E-state index contributed by atoms with van der Waals surface area (Å²) >= 11 is 0. The smallest absolute Gasteiger partial charge is 0.314 e. The Balaban J connectivity index is 1.50. The predicted molar refractivity (Wildman–Crippen MR) is 102 cm³/mol. The summed E-state index contributed by atoms with van der Waals surface area (Å²) in [5, 5.41) is 8.91. The summed E-state index contributed by atoms with van der Waals surface area (Å²) in [6.45, 7) is 1.05. The summed E-state index contributed by atoms with van der Waals surface area (Å²) in [7, 11) is 0. The number of likely N-dealkylation sites (tertiary alicyclic amines) is 1. The van der Waals surface area contributed by atoms with Gasteiger partial charge in [0.05, 0.1) is 17.6 Å². The number of hydrogen-bond acceptors (Lipinski definition) is 4.